The second-order valence-corrected chi connectivity index (χ2v) is 19.6. The fraction of sp³-hybridized carbons (Fsp3) is 0.0137. The minimum Gasteiger partial charge on any atom is -0.310 e. The van der Waals surface area contributed by atoms with Crippen molar-refractivity contribution in [3.8, 4) is 61.3 Å². The first kappa shape index (κ1) is 44.0. The minimum atomic E-state index is -0.613. The number of fused-ring (bicyclic) bond motifs is 6. The topological polar surface area (TPSA) is 8.17 Å². The average Bonchev–Trinajstić information content (AvgIpc) is 4.04. The van der Waals surface area contributed by atoms with Gasteiger partial charge in [-0.3, -0.25) is 0 Å². The van der Waals surface area contributed by atoms with Crippen LogP contribution in [0.4, 0.5) is 17.1 Å². The first-order valence-corrected chi connectivity index (χ1v) is 25.9. The van der Waals surface area contributed by atoms with E-state index < -0.39 is 5.41 Å². The lowest BCUT2D eigenvalue weighted by Crippen LogP contribution is -2.28. The number of hydrogen-bond donors (Lipinski definition) is 0. The van der Waals surface area contributed by atoms with Gasteiger partial charge in [-0.1, -0.05) is 224 Å². The van der Waals surface area contributed by atoms with Crippen molar-refractivity contribution in [3.05, 3.63) is 326 Å². The van der Waals surface area contributed by atoms with Crippen LogP contribution in [0.25, 0.3) is 83.1 Å². The molecule has 0 amide bonds. The van der Waals surface area contributed by atoms with Crippen molar-refractivity contribution in [1.82, 2.24) is 4.57 Å². The standard InChI is InChI=1S/C73H50N2/c1-5-19-51(20-6-1)54-35-40-62(41-36-54)74(63-42-37-55(38-43-63)58-39-46-72-68(49-58)66-32-14-16-34-71(66)75(72)61-29-11-4-12-30-61)64-44-45-70-67(50-64)65-31-13-15-33-69(65)73(70,59-27-17-25-56(47-59)52-21-7-2-8-22-52)60-28-18-26-57(48-60)53-23-9-3-10-24-53/h1-50H. The Morgan fingerprint density at radius 1 is 0.253 bits per heavy atom. The van der Waals surface area contributed by atoms with Crippen molar-refractivity contribution in [1.29, 1.82) is 0 Å². The number of rotatable bonds is 10. The molecule has 0 fully saturated rings. The molecule has 0 radical (unpaired) electrons. The molecule has 0 atom stereocenters. The van der Waals surface area contributed by atoms with E-state index in [1.165, 1.54) is 99.7 Å². The molecule has 13 aromatic rings. The van der Waals surface area contributed by atoms with E-state index in [2.05, 4.69) is 313 Å². The third kappa shape index (κ3) is 7.49. The molecule has 2 heteroatoms. The van der Waals surface area contributed by atoms with E-state index in [-0.39, 0.29) is 0 Å². The molecule has 2 nitrogen and oxygen atoms in total. The first-order valence-electron chi connectivity index (χ1n) is 25.9. The van der Waals surface area contributed by atoms with Gasteiger partial charge in [-0.15, -0.1) is 0 Å². The lowest BCUT2D eigenvalue weighted by atomic mass is 9.67. The molecule has 1 aliphatic carbocycles. The highest BCUT2D eigenvalue weighted by Gasteiger charge is 2.46. The summed E-state index contributed by atoms with van der Waals surface area (Å²) in [5.74, 6) is 0. The summed E-state index contributed by atoms with van der Waals surface area (Å²) in [4.78, 5) is 2.42. The zero-order valence-electron chi connectivity index (χ0n) is 41.3. The van der Waals surface area contributed by atoms with Gasteiger partial charge in [0.05, 0.1) is 16.4 Å². The van der Waals surface area contributed by atoms with E-state index >= 15 is 0 Å². The third-order valence-corrected chi connectivity index (χ3v) is 15.5. The number of aromatic nitrogens is 1. The summed E-state index contributed by atoms with van der Waals surface area (Å²) in [5.41, 5.74) is 23.2. The Morgan fingerprint density at radius 3 is 1.29 bits per heavy atom. The van der Waals surface area contributed by atoms with Crippen LogP contribution >= 0.6 is 0 Å². The fourth-order valence-corrected chi connectivity index (χ4v) is 12.0. The van der Waals surface area contributed by atoms with Crippen molar-refractivity contribution in [3.63, 3.8) is 0 Å². The van der Waals surface area contributed by atoms with Crippen LogP contribution in [0.2, 0.25) is 0 Å². The van der Waals surface area contributed by atoms with Crippen molar-refractivity contribution in [2.45, 2.75) is 5.41 Å². The van der Waals surface area contributed by atoms with Gasteiger partial charge in [0, 0.05) is 33.5 Å². The van der Waals surface area contributed by atoms with Gasteiger partial charge >= 0.3 is 0 Å². The molecule has 0 saturated carbocycles. The molecule has 352 valence electrons. The number of para-hydroxylation sites is 2. The fourth-order valence-electron chi connectivity index (χ4n) is 12.0. The summed E-state index contributed by atoms with van der Waals surface area (Å²) < 4.78 is 2.38. The molecule has 0 N–H and O–H groups in total. The van der Waals surface area contributed by atoms with Crippen LogP contribution in [0.1, 0.15) is 22.3 Å². The Bertz CT molecular complexity index is 4110. The zero-order chi connectivity index (χ0) is 49.7. The molecule has 0 spiro atoms. The van der Waals surface area contributed by atoms with Crippen LogP contribution in [-0.4, -0.2) is 4.57 Å². The van der Waals surface area contributed by atoms with Crippen LogP contribution in [0.15, 0.2) is 303 Å². The molecular weight excluding hydrogens is 905 g/mol. The van der Waals surface area contributed by atoms with Crippen LogP contribution in [0.3, 0.4) is 0 Å². The molecule has 75 heavy (non-hydrogen) atoms. The molecule has 12 aromatic carbocycles. The maximum Gasteiger partial charge on any atom is 0.0714 e. The van der Waals surface area contributed by atoms with E-state index in [0.717, 1.165) is 22.7 Å². The van der Waals surface area contributed by atoms with Crippen LogP contribution in [0.5, 0.6) is 0 Å². The zero-order valence-corrected chi connectivity index (χ0v) is 41.3. The highest BCUT2D eigenvalue weighted by Crippen LogP contribution is 2.58. The van der Waals surface area contributed by atoms with Crippen molar-refractivity contribution >= 4 is 38.9 Å². The Balaban J connectivity index is 0.931. The molecule has 1 heterocycles. The van der Waals surface area contributed by atoms with Gasteiger partial charge in [-0.25, -0.2) is 0 Å². The lowest BCUT2D eigenvalue weighted by molar-refractivity contribution is 0.769. The molecule has 0 unspecified atom stereocenters. The summed E-state index contributed by atoms with van der Waals surface area (Å²) in [5, 5.41) is 2.49. The van der Waals surface area contributed by atoms with Crippen LogP contribution in [0, 0.1) is 0 Å². The summed E-state index contributed by atoms with van der Waals surface area (Å²) in [7, 11) is 0. The van der Waals surface area contributed by atoms with E-state index in [9.17, 15) is 0 Å². The summed E-state index contributed by atoms with van der Waals surface area (Å²) in [6, 6.07) is 111. The molecule has 0 saturated heterocycles. The van der Waals surface area contributed by atoms with Gasteiger partial charge in [0.2, 0.25) is 0 Å². The van der Waals surface area contributed by atoms with Gasteiger partial charge in [0.1, 0.15) is 0 Å². The molecule has 0 bridgehead atoms. The second-order valence-electron chi connectivity index (χ2n) is 19.6. The van der Waals surface area contributed by atoms with Crippen molar-refractivity contribution in [2.75, 3.05) is 4.90 Å². The highest BCUT2D eigenvalue weighted by atomic mass is 15.1. The second kappa shape index (κ2) is 18.4. The predicted octanol–water partition coefficient (Wildman–Crippen LogP) is 19.3. The van der Waals surface area contributed by atoms with Gasteiger partial charge in [-0.2, -0.15) is 0 Å². The van der Waals surface area contributed by atoms with E-state index in [4.69, 9.17) is 0 Å². The monoisotopic (exact) mass is 954 g/mol. The Labute approximate surface area is 438 Å². The third-order valence-electron chi connectivity index (χ3n) is 15.5. The summed E-state index contributed by atoms with van der Waals surface area (Å²) in [6.07, 6.45) is 0. The smallest absolute Gasteiger partial charge is 0.0714 e. The molecule has 1 aromatic heterocycles. The SMILES string of the molecule is c1ccc(-c2ccc(N(c3ccc(-c4ccc5c(c4)c4ccccc4n5-c4ccccc4)cc3)c3ccc4c(c3)-c3ccccc3C4(c3cccc(-c4ccccc4)c3)c3cccc(-c4ccccc4)c3)cc2)cc1. The minimum absolute atomic E-state index is 0.613. The van der Waals surface area contributed by atoms with Crippen LogP contribution in [-0.2, 0) is 5.41 Å². The summed E-state index contributed by atoms with van der Waals surface area (Å²) in [6.45, 7) is 0. The average molecular weight is 955 g/mol. The van der Waals surface area contributed by atoms with Gasteiger partial charge in [-0.05, 0) is 157 Å². The number of anilines is 3. The number of nitrogens with zero attached hydrogens (tertiary/aromatic N) is 2. The molecular formula is C73H50N2. The van der Waals surface area contributed by atoms with E-state index in [0.29, 0.717) is 0 Å². The number of hydrogen-bond acceptors (Lipinski definition) is 1. The molecule has 0 aliphatic heterocycles. The van der Waals surface area contributed by atoms with Crippen molar-refractivity contribution in [2.24, 2.45) is 0 Å². The molecule has 14 rings (SSSR count). The van der Waals surface area contributed by atoms with Crippen LogP contribution < -0.4 is 4.90 Å². The Hall–Kier alpha value is -9.76. The first-order chi connectivity index (χ1) is 37.2. The summed E-state index contributed by atoms with van der Waals surface area (Å²) >= 11 is 0. The maximum atomic E-state index is 2.44. The molecule has 1 aliphatic rings. The Morgan fingerprint density at radius 2 is 0.680 bits per heavy atom. The van der Waals surface area contributed by atoms with E-state index in [1.807, 2.05) is 0 Å². The van der Waals surface area contributed by atoms with Gasteiger partial charge < -0.3 is 9.47 Å². The Kier molecular flexibility index (Phi) is 10.8. The van der Waals surface area contributed by atoms with Gasteiger partial charge in [0.15, 0.2) is 0 Å². The predicted molar refractivity (Wildman–Crippen MR) is 315 cm³/mol. The highest BCUT2D eigenvalue weighted by molar-refractivity contribution is 6.10. The maximum absolute atomic E-state index is 2.44. The largest absolute Gasteiger partial charge is 0.310 e. The number of benzene rings is 12. The normalized spacial score (nSPS) is 12.4. The lowest BCUT2D eigenvalue weighted by Gasteiger charge is -2.35. The quantitative estimate of drug-likeness (QED) is 0.133. The van der Waals surface area contributed by atoms with Gasteiger partial charge in [0.25, 0.3) is 0 Å². The van der Waals surface area contributed by atoms with Crippen molar-refractivity contribution < 1.29 is 0 Å². The van der Waals surface area contributed by atoms with E-state index in [1.54, 1.807) is 0 Å².